The maximum atomic E-state index is 12.2. The van der Waals surface area contributed by atoms with E-state index < -0.39 is 0 Å². The van der Waals surface area contributed by atoms with Crippen LogP contribution in [0.3, 0.4) is 0 Å². The Morgan fingerprint density at radius 1 is 1.60 bits per heavy atom. The molecule has 2 N–H and O–H groups in total. The lowest BCUT2D eigenvalue weighted by Crippen LogP contribution is -2.46. The van der Waals surface area contributed by atoms with Gasteiger partial charge in [-0.25, -0.2) is 4.98 Å². The predicted octanol–water partition coefficient (Wildman–Crippen LogP) is 2.27. The van der Waals surface area contributed by atoms with E-state index in [-0.39, 0.29) is 11.9 Å². The first kappa shape index (κ1) is 13.3. The van der Waals surface area contributed by atoms with Crippen molar-refractivity contribution in [3.8, 4) is 10.8 Å². The Morgan fingerprint density at radius 3 is 3.25 bits per heavy atom. The first-order valence-corrected chi connectivity index (χ1v) is 7.58. The zero-order valence-corrected chi connectivity index (χ0v) is 12.1. The summed E-state index contributed by atoms with van der Waals surface area (Å²) in [7, 11) is 0. The molecule has 0 radical (unpaired) electrons. The van der Waals surface area contributed by atoms with Crippen LogP contribution in [0.2, 0.25) is 0 Å². The minimum absolute atomic E-state index is 0.0422. The standard InChI is InChI=1S/C14H17N3O2S/c1-9-7-10(4-5-15-9)17-13(18)12-8-16-14(20-12)11-3-2-6-19-11/h2-3,6,8-10,15H,4-5,7H2,1H3,(H,17,18). The fraction of sp³-hybridized carbons (Fsp3) is 0.429. The fourth-order valence-electron chi connectivity index (χ4n) is 2.41. The van der Waals surface area contributed by atoms with Gasteiger partial charge in [-0.15, -0.1) is 11.3 Å². The first-order valence-electron chi connectivity index (χ1n) is 6.76. The van der Waals surface area contributed by atoms with Crippen LogP contribution in [0.15, 0.2) is 29.0 Å². The molecular weight excluding hydrogens is 274 g/mol. The van der Waals surface area contributed by atoms with Crippen LogP contribution in [0.1, 0.15) is 29.4 Å². The Morgan fingerprint density at radius 2 is 2.50 bits per heavy atom. The third-order valence-corrected chi connectivity index (χ3v) is 4.43. The zero-order valence-electron chi connectivity index (χ0n) is 11.3. The van der Waals surface area contributed by atoms with Gasteiger partial charge in [-0.1, -0.05) is 0 Å². The van der Waals surface area contributed by atoms with Crippen LogP contribution >= 0.6 is 11.3 Å². The van der Waals surface area contributed by atoms with Crippen molar-refractivity contribution in [3.05, 3.63) is 29.5 Å². The number of aromatic nitrogens is 1. The van der Waals surface area contributed by atoms with Gasteiger partial charge < -0.3 is 15.1 Å². The van der Waals surface area contributed by atoms with Gasteiger partial charge in [0, 0.05) is 12.1 Å². The van der Waals surface area contributed by atoms with Gasteiger partial charge >= 0.3 is 0 Å². The molecule has 1 amide bonds. The summed E-state index contributed by atoms with van der Waals surface area (Å²) < 4.78 is 5.28. The van der Waals surface area contributed by atoms with Crippen LogP contribution < -0.4 is 10.6 Å². The molecule has 106 valence electrons. The Labute approximate surface area is 121 Å². The molecule has 0 aliphatic carbocycles. The van der Waals surface area contributed by atoms with E-state index in [1.54, 1.807) is 12.5 Å². The molecule has 0 spiro atoms. The number of piperidine rings is 1. The van der Waals surface area contributed by atoms with Crippen LogP contribution in [0.4, 0.5) is 0 Å². The molecule has 3 rings (SSSR count). The van der Waals surface area contributed by atoms with Crippen LogP contribution in [0, 0.1) is 0 Å². The van der Waals surface area contributed by atoms with E-state index >= 15 is 0 Å². The summed E-state index contributed by atoms with van der Waals surface area (Å²) in [6.45, 7) is 3.09. The van der Waals surface area contributed by atoms with Crippen molar-refractivity contribution >= 4 is 17.2 Å². The maximum Gasteiger partial charge on any atom is 0.263 e. The molecule has 2 aromatic heterocycles. The van der Waals surface area contributed by atoms with Crippen molar-refractivity contribution in [1.29, 1.82) is 0 Å². The topological polar surface area (TPSA) is 67.2 Å². The molecule has 1 fully saturated rings. The number of rotatable bonds is 3. The molecule has 3 heterocycles. The minimum atomic E-state index is -0.0422. The lowest BCUT2D eigenvalue weighted by molar-refractivity contribution is 0.0929. The molecule has 6 heteroatoms. The highest BCUT2D eigenvalue weighted by atomic mass is 32.1. The van der Waals surface area contributed by atoms with Crippen molar-refractivity contribution < 1.29 is 9.21 Å². The molecule has 0 saturated carbocycles. The number of carbonyl (C=O) groups is 1. The number of amides is 1. The summed E-state index contributed by atoms with van der Waals surface area (Å²) in [4.78, 5) is 17.1. The first-order chi connectivity index (χ1) is 9.72. The van der Waals surface area contributed by atoms with Crippen molar-refractivity contribution in [1.82, 2.24) is 15.6 Å². The lowest BCUT2D eigenvalue weighted by atomic mass is 10.0. The SMILES string of the molecule is CC1CC(NC(=O)c2cnc(-c3ccco3)s2)CCN1. The summed E-state index contributed by atoms with van der Waals surface area (Å²) >= 11 is 1.36. The second-order valence-corrected chi connectivity index (χ2v) is 6.09. The lowest BCUT2D eigenvalue weighted by Gasteiger charge is -2.28. The van der Waals surface area contributed by atoms with Crippen LogP contribution in [-0.2, 0) is 0 Å². The Bertz CT molecular complexity index is 579. The third kappa shape index (κ3) is 2.91. The van der Waals surface area contributed by atoms with Crippen molar-refractivity contribution in [2.75, 3.05) is 6.54 Å². The minimum Gasteiger partial charge on any atom is -0.462 e. The van der Waals surface area contributed by atoms with Gasteiger partial charge in [0.25, 0.3) is 5.91 Å². The van der Waals surface area contributed by atoms with Gasteiger partial charge in [0.15, 0.2) is 10.8 Å². The summed E-state index contributed by atoms with van der Waals surface area (Å²) in [5, 5.41) is 7.19. The second kappa shape index (κ2) is 5.76. The molecule has 1 aliphatic rings. The van der Waals surface area contributed by atoms with E-state index in [0.717, 1.165) is 24.4 Å². The smallest absolute Gasteiger partial charge is 0.263 e. The predicted molar refractivity (Wildman–Crippen MR) is 77.8 cm³/mol. The van der Waals surface area contributed by atoms with E-state index in [1.165, 1.54) is 11.3 Å². The quantitative estimate of drug-likeness (QED) is 0.910. The van der Waals surface area contributed by atoms with Gasteiger partial charge in [0.2, 0.25) is 0 Å². The van der Waals surface area contributed by atoms with Gasteiger partial charge in [0.05, 0.1) is 12.5 Å². The third-order valence-electron chi connectivity index (χ3n) is 3.42. The molecule has 1 aliphatic heterocycles. The number of nitrogens with zero attached hydrogens (tertiary/aromatic N) is 1. The van der Waals surface area contributed by atoms with Crippen LogP contribution in [0.25, 0.3) is 10.8 Å². The van der Waals surface area contributed by atoms with Crippen LogP contribution in [0.5, 0.6) is 0 Å². The Hall–Kier alpha value is -1.66. The average molecular weight is 291 g/mol. The number of hydrogen-bond acceptors (Lipinski definition) is 5. The Balaban J connectivity index is 1.65. The average Bonchev–Trinajstić information content (AvgIpc) is 3.10. The largest absolute Gasteiger partial charge is 0.462 e. The summed E-state index contributed by atoms with van der Waals surface area (Å²) in [5.41, 5.74) is 0. The van der Waals surface area contributed by atoms with Gasteiger partial charge in [-0.3, -0.25) is 4.79 Å². The van der Waals surface area contributed by atoms with E-state index in [4.69, 9.17) is 4.42 Å². The normalized spacial score (nSPS) is 22.6. The maximum absolute atomic E-state index is 12.2. The summed E-state index contributed by atoms with van der Waals surface area (Å²) in [6.07, 6.45) is 5.16. The monoisotopic (exact) mass is 291 g/mol. The highest BCUT2D eigenvalue weighted by molar-refractivity contribution is 7.16. The molecule has 0 bridgehead atoms. The number of carbonyl (C=O) groups excluding carboxylic acids is 1. The molecular formula is C14H17N3O2S. The zero-order chi connectivity index (χ0) is 13.9. The van der Waals surface area contributed by atoms with E-state index in [1.807, 2.05) is 12.1 Å². The highest BCUT2D eigenvalue weighted by Gasteiger charge is 2.21. The van der Waals surface area contributed by atoms with Crippen molar-refractivity contribution in [3.63, 3.8) is 0 Å². The molecule has 5 nitrogen and oxygen atoms in total. The molecule has 2 unspecified atom stereocenters. The number of hydrogen-bond donors (Lipinski definition) is 2. The molecule has 1 saturated heterocycles. The van der Waals surface area contributed by atoms with E-state index in [2.05, 4.69) is 22.5 Å². The van der Waals surface area contributed by atoms with E-state index in [9.17, 15) is 4.79 Å². The molecule has 20 heavy (non-hydrogen) atoms. The fourth-order valence-corrected chi connectivity index (χ4v) is 3.20. The van der Waals surface area contributed by atoms with Crippen LogP contribution in [-0.4, -0.2) is 29.5 Å². The molecule has 2 atom stereocenters. The number of nitrogens with one attached hydrogen (secondary N) is 2. The van der Waals surface area contributed by atoms with Gasteiger partial charge in [0.1, 0.15) is 4.88 Å². The van der Waals surface area contributed by atoms with Crippen molar-refractivity contribution in [2.24, 2.45) is 0 Å². The van der Waals surface area contributed by atoms with Gasteiger partial charge in [-0.05, 0) is 38.4 Å². The summed E-state index contributed by atoms with van der Waals surface area (Å²) in [5.74, 6) is 0.656. The van der Waals surface area contributed by atoms with E-state index in [0.29, 0.717) is 16.7 Å². The van der Waals surface area contributed by atoms with Crippen molar-refractivity contribution in [2.45, 2.75) is 31.8 Å². The highest BCUT2D eigenvalue weighted by Crippen LogP contribution is 2.25. The Kier molecular flexibility index (Phi) is 3.84. The molecule has 2 aromatic rings. The summed E-state index contributed by atoms with van der Waals surface area (Å²) in [6, 6.07) is 4.35. The molecule has 0 aromatic carbocycles. The van der Waals surface area contributed by atoms with Gasteiger partial charge in [-0.2, -0.15) is 0 Å². The second-order valence-electron chi connectivity index (χ2n) is 5.06. The number of thiazole rings is 1. The number of furan rings is 1.